The maximum absolute atomic E-state index is 9.21. The van der Waals surface area contributed by atoms with E-state index in [9.17, 15) is 5.26 Å². The Morgan fingerprint density at radius 3 is 2.39 bits per heavy atom. The van der Waals surface area contributed by atoms with Crippen LogP contribution < -0.4 is 0 Å². The van der Waals surface area contributed by atoms with Gasteiger partial charge in [-0.1, -0.05) is 6.42 Å². The summed E-state index contributed by atoms with van der Waals surface area (Å²) in [6.45, 7) is 2.38. The molecule has 4 saturated carbocycles. The fourth-order valence-corrected chi connectivity index (χ4v) is 7.22. The molecule has 23 heavy (non-hydrogen) atoms. The molecule has 1 saturated heterocycles. The Morgan fingerprint density at radius 1 is 1.22 bits per heavy atom. The number of thiophene rings is 1. The molecule has 1 aliphatic heterocycles. The monoisotopic (exact) mass is 328 g/mol. The first-order valence-corrected chi connectivity index (χ1v) is 9.82. The number of piperidine rings is 1. The van der Waals surface area contributed by atoms with E-state index in [1.165, 1.54) is 56.5 Å². The number of nitriles is 1. The van der Waals surface area contributed by atoms with Crippen LogP contribution in [0, 0.1) is 29.1 Å². The van der Waals surface area contributed by atoms with Gasteiger partial charge in [0.1, 0.15) is 16.5 Å². The molecule has 4 aliphatic carbocycles. The predicted molar refractivity (Wildman–Crippen MR) is 90.2 cm³/mol. The quantitative estimate of drug-likeness (QED) is 0.848. The molecule has 0 aromatic carbocycles. The van der Waals surface area contributed by atoms with Gasteiger partial charge in [0.05, 0.1) is 0 Å². The van der Waals surface area contributed by atoms with E-state index in [1.807, 2.05) is 13.2 Å². The smallest absolute Gasteiger partial charge is 0.110 e. The summed E-state index contributed by atoms with van der Waals surface area (Å²) in [6.07, 6.45) is 8.21. The Hall–Kier alpha value is -0.890. The highest BCUT2D eigenvalue weighted by molar-refractivity contribution is 7.12. The summed E-state index contributed by atoms with van der Waals surface area (Å²) >= 11 is 1.65. The molecule has 122 valence electrons. The van der Waals surface area contributed by atoms with Crippen molar-refractivity contribution in [3.05, 3.63) is 21.9 Å². The molecular weight excluding hydrogens is 304 g/mol. The zero-order valence-electron chi connectivity index (χ0n) is 13.8. The number of hydrogen-bond donors (Lipinski definition) is 0. The number of ether oxygens (including phenoxy) is 1. The molecule has 1 aromatic heterocycles. The highest BCUT2D eigenvalue weighted by atomic mass is 32.1. The van der Waals surface area contributed by atoms with Gasteiger partial charge in [-0.05, 0) is 50.2 Å². The Kier molecular flexibility index (Phi) is 3.03. The van der Waals surface area contributed by atoms with E-state index in [0.29, 0.717) is 17.4 Å². The van der Waals surface area contributed by atoms with Crippen LogP contribution in [-0.2, 0) is 10.3 Å². The normalized spacial score (nSPS) is 45.0. The van der Waals surface area contributed by atoms with Crippen molar-refractivity contribution in [1.29, 1.82) is 5.26 Å². The second-order valence-electron chi connectivity index (χ2n) is 8.21. The molecule has 1 aromatic rings. The predicted octanol–water partition coefficient (Wildman–Crippen LogP) is 3.75. The number of methoxy groups -OCH3 is 1. The lowest BCUT2D eigenvalue weighted by Crippen LogP contribution is -2.73. The Labute approximate surface area is 142 Å². The van der Waals surface area contributed by atoms with Crippen molar-refractivity contribution in [1.82, 2.24) is 4.90 Å². The van der Waals surface area contributed by atoms with E-state index in [1.54, 1.807) is 11.3 Å². The number of fused-ring (bicyclic) bond motifs is 2. The first-order chi connectivity index (χ1) is 11.2. The minimum absolute atomic E-state index is 0.141. The molecule has 0 spiro atoms. The minimum atomic E-state index is -0.141. The zero-order valence-corrected chi connectivity index (χ0v) is 14.6. The average Bonchev–Trinajstić information content (AvgIpc) is 2.92. The van der Waals surface area contributed by atoms with E-state index >= 15 is 0 Å². The van der Waals surface area contributed by atoms with E-state index in [4.69, 9.17) is 4.74 Å². The summed E-state index contributed by atoms with van der Waals surface area (Å²) in [7, 11) is 1.90. The van der Waals surface area contributed by atoms with Gasteiger partial charge in [0, 0.05) is 42.5 Å². The standard InChI is InChI=1S/C19H24N2OS/c1-22-19(17-6-5-16(10-20)23-17)14-3-2-4-15(19)12-21(11-14)18-7-13(8-18)9-18/h5-6,13-15H,2-4,7-9,11-12H2,1H3/t13?,14-,15+,18?,19?. The Balaban J connectivity index is 1.50. The van der Waals surface area contributed by atoms with Gasteiger partial charge in [0.2, 0.25) is 0 Å². The molecule has 0 radical (unpaired) electrons. The third kappa shape index (κ3) is 1.76. The first kappa shape index (κ1) is 14.5. The van der Waals surface area contributed by atoms with Crippen LogP contribution in [0.2, 0.25) is 0 Å². The molecule has 0 amide bonds. The van der Waals surface area contributed by atoms with Gasteiger partial charge in [-0.15, -0.1) is 11.3 Å². The number of likely N-dealkylation sites (tertiary alicyclic amines) is 1. The molecule has 4 bridgehead atoms. The van der Waals surface area contributed by atoms with Crippen molar-refractivity contribution in [2.75, 3.05) is 20.2 Å². The van der Waals surface area contributed by atoms with Crippen molar-refractivity contribution in [3.63, 3.8) is 0 Å². The third-order valence-electron chi connectivity index (χ3n) is 7.32. The number of nitrogens with zero attached hydrogens (tertiary/aromatic N) is 2. The lowest BCUT2D eigenvalue weighted by molar-refractivity contribution is -0.225. The van der Waals surface area contributed by atoms with E-state index in [-0.39, 0.29) is 5.60 Å². The van der Waals surface area contributed by atoms with Crippen molar-refractivity contribution < 1.29 is 4.74 Å². The highest BCUT2D eigenvalue weighted by Crippen LogP contribution is 2.63. The Morgan fingerprint density at radius 2 is 1.91 bits per heavy atom. The van der Waals surface area contributed by atoms with E-state index < -0.39 is 0 Å². The van der Waals surface area contributed by atoms with Gasteiger partial charge in [0.25, 0.3) is 0 Å². The fraction of sp³-hybridized carbons (Fsp3) is 0.737. The molecule has 5 fully saturated rings. The van der Waals surface area contributed by atoms with Gasteiger partial charge < -0.3 is 4.74 Å². The van der Waals surface area contributed by atoms with Crippen LogP contribution in [0.1, 0.15) is 48.3 Å². The van der Waals surface area contributed by atoms with Gasteiger partial charge in [-0.3, -0.25) is 4.90 Å². The molecule has 0 N–H and O–H groups in total. The van der Waals surface area contributed by atoms with E-state index in [0.717, 1.165) is 10.8 Å². The number of rotatable bonds is 3. The molecule has 4 heteroatoms. The van der Waals surface area contributed by atoms with Gasteiger partial charge >= 0.3 is 0 Å². The molecule has 5 aliphatic rings. The van der Waals surface area contributed by atoms with Gasteiger partial charge in [0.15, 0.2) is 0 Å². The van der Waals surface area contributed by atoms with Crippen LogP contribution in [0.5, 0.6) is 0 Å². The van der Waals surface area contributed by atoms with Crippen LogP contribution in [0.3, 0.4) is 0 Å². The maximum atomic E-state index is 9.21. The fourth-order valence-electron chi connectivity index (χ4n) is 6.08. The van der Waals surface area contributed by atoms with Crippen LogP contribution in [0.4, 0.5) is 0 Å². The summed E-state index contributed by atoms with van der Waals surface area (Å²) < 4.78 is 6.29. The molecule has 3 nitrogen and oxygen atoms in total. The lowest BCUT2D eigenvalue weighted by Gasteiger charge is -2.70. The first-order valence-electron chi connectivity index (χ1n) is 9.01. The second-order valence-corrected chi connectivity index (χ2v) is 9.29. The molecule has 6 rings (SSSR count). The topological polar surface area (TPSA) is 36.3 Å². The van der Waals surface area contributed by atoms with Crippen molar-refractivity contribution in [2.24, 2.45) is 17.8 Å². The van der Waals surface area contributed by atoms with Crippen LogP contribution in [0.15, 0.2) is 12.1 Å². The largest absolute Gasteiger partial charge is 0.372 e. The summed E-state index contributed by atoms with van der Waals surface area (Å²) in [5, 5.41) is 9.21. The minimum Gasteiger partial charge on any atom is -0.372 e. The summed E-state index contributed by atoms with van der Waals surface area (Å²) in [6, 6.07) is 6.44. The highest BCUT2D eigenvalue weighted by Gasteiger charge is 2.64. The van der Waals surface area contributed by atoms with Gasteiger partial charge in [-0.2, -0.15) is 5.26 Å². The molecule has 2 heterocycles. The Bertz CT molecular complexity index is 644. The van der Waals surface area contributed by atoms with Gasteiger partial charge in [-0.25, -0.2) is 0 Å². The molecule has 3 atom stereocenters. The summed E-state index contributed by atoms with van der Waals surface area (Å²) in [5.41, 5.74) is 0.434. The maximum Gasteiger partial charge on any atom is 0.110 e. The van der Waals surface area contributed by atoms with Crippen LogP contribution in [-0.4, -0.2) is 30.6 Å². The summed E-state index contributed by atoms with van der Waals surface area (Å²) in [5.74, 6) is 2.21. The van der Waals surface area contributed by atoms with Crippen LogP contribution >= 0.6 is 11.3 Å². The molecule has 1 unspecified atom stereocenters. The number of hydrogen-bond acceptors (Lipinski definition) is 4. The van der Waals surface area contributed by atoms with Crippen LogP contribution in [0.25, 0.3) is 0 Å². The van der Waals surface area contributed by atoms with Crippen molar-refractivity contribution in [2.45, 2.75) is 49.7 Å². The second kappa shape index (κ2) is 4.81. The SMILES string of the molecule is COC1(c2ccc(C#N)s2)[C@@H]2CCC[C@H]1CN(C13CC(C1)C3)C2. The van der Waals surface area contributed by atoms with Crippen molar-refractivity contribution in [3.8, 4) is 6.07 Å². The van der Waals surface area contributed by atoms with Crippen molar-refractivity contribution >= 4 is 11.3 Å². The molecular formula is C19H24N2OS. The third-order valence-corrected chi connectivity index (χ3v) is 8.44. The van der Waals surface area contributed by atoms with E-state index in [2.05, 4.69) is 17.0 Å². The average molecular weight is 328 g/mol. The summed E-state index contributed by atoms with van der Waals surface area (Å²) in [4.78, 5) is 4.94. The zero-order chi connectivity index (χ0) is 15.7. The lowest BCUT2D eigenvalue weighted by atomic mass is 9.48.